The molecule has 0 fully saturated rings. The third-order valence-electron chi connectivity index (χ3n) is 2.51. The first kappa shape index (κ1) is 14.4. The number of halogens is 1. The van der Waals surface area contributed by atoms with Crippen molar-refractivity contribution in [3.05, 3.63) is 29.6 Å². The summed E-state index contributed by atoms with van der Waals surface area (Å²) in [6.07, 6.45) is -1.56. The molecule has 0 radical (unpaired) electrons. The van der Waals surface area contributed by atoms with E-state index in [1.54, 1.807) is 21.0 Å². The molecule has 0 saturated heterocycles. The molecule has 5 heteroatoms. The molecular weight excluding hydrogens is 237 g/mol. The Kier molecular flexibility index (Phi) is 4.67. The summed E-state index contributed by atoms with van der Waals surface area (Å²) in [6, 6.07) is 3.84. The van der Waals surface area contributed by atoms with E-state index in [4.69, 9.17) is 4.74 Å². The van der Waals surface area contributed by atoms with Crippen molar-refractivity contribution in [1.82, 2.24) is 4.90 Å². The Morgan fingerprint density at radius 2 is 2.00 bits per heavy atom. The van der Waals surface area contributed by atoms with Crippen LogP contribution in [-0.4, -0.2) is 36.1 Å². The van der Waals surface area contributed by atoms with E-state index in [0.29, 0.717) is 11.3 Å². The molecule has 0 bridgehead atoms. The van der Waals surface area contributed by atoms with Crippen LogP contribution in [0.3, 0.4) is 0 Å². The number of rotatable bonds is 4. The summed E-state index contributed by atoms with van der Waals surface area (Å²) in [7, 11) is 3.25. The number of hydrogen-bond acceptors (Lipinski definition) is 3. The summed E-state index contributed by atoms with van der Waals surface area (Å²) in [5.74, 6) is -0.338. The van der Waals surface area contributed by atoms with Crippen molar-refractivity contribution in [3.63, 3.8) is 0 Å². The summed E-state index contributed by atoms with van der Waals surface area (Å²) < 4.78 is 18.6. The molecule has 0 aliphatic carbocycles. The Bertz CT molecular complexity index is 432. The number of likely N-dealkylation sites (N-methyl/N-ethyl adjacent to an activating group) is 1. The van der Waals surface area contributed by atoms with Gasteiger partial charge in [0, 0.05) is 19.7 Å². The number of ether oxygens (including phenoxy) is 1. The Labute approximate surface area is 106 Å². The highest BCUT2D eigenvalue weighted by Gasteiger charge is 2.19. The van der Waals surface area contributed by atoms with Crippen molar-refractivity contribution >= 4 is 5.91 Å². The fourth-order valence-corrected chi connectivity index (χ4v) is 1.56. The third kappa shape index (κ3) is 3.43. The number of amides is 1. The highest BCUT2D eigenvalue weighted by molar-refractivity contribution is 5.80. The quantitative estimate of drug-likeness (QED) is 0.891. The molecule has 18 heavy (non-hydrogen) atoms. The van der Waals surface area contributed by atoms with Crippen molar-refractivity contribution in [3.8, 4) is 5.75 Å². The van der Waals surface area contributed by atoms with Gasteiger partial charge in [0.15, 0.2) is 6.10 Å². The van der Waals surface area contributed by atoms with E-state index in [1.165, 1.54) is 30.0 Å². The number of aliphatic hydroxyl groups is 1. The summed E-state index contributed by atoms with van der Waals surface area (Å²) in [6.45, 7) is 3.12. The number of nitrogens with zero attached hydrogens (tertiary/aromatic N) is 1. The minimum absolute atomic E-state index is 0.198. The van der Waals surface area contributed by atoms with E-state index in [2.05, 4.69) is 0 Å². The van der Waals surface area contributed by atoms with Crippen molar-refractivity contribution in [2.24, 2.45) is 0 Å². The van der Waals surface area contributed by atoms with Gasteiger partial charge in [0.05, 0.1) is 6.10 Å². The summed E-state index contributed by atoms with van der Waals surface area (Å²) >= 11 is 0. The zero-order chi connectivity index (χ0) is 13.9. The molecule has 1 rings (SSSR count). The lowest BCUT2D eigenvalue weighted by Gasteiger charge is -2.20. The molecule has 0 spiro atoms. The molecule has 1 unspecified atom stereocenters. The highest BCUT2D eigenvalue weighted by Crippen LogP contribution is 2.27. The molecule has 0 saturated carbocycles. The lowest BCUT2D eigenvalue weighted by molar-refractivity contribution is -0.135. The van der Waals surface area contributed by atoms with Gasteiger partial charge < -0.3 is 14.7 Å². The van der Waals surface area contributed by atoms with Gasteiger partial charge in [-0.1, -0.05) is 0 Å². The first-order valence-electron chi connectivity index (χ1n) is 5.68. The lowest BCUT2D eigenvalue weighted by atomic mass is 10.1. The Morgan fingerprint density at radius 3 is 2.50 bits per heavy atom. The molecule has 0 heterocycles. The van der Waals surface area contributed by atoms with Crippen LogP contribution in [0, 0.1) is 5.82 Å². The average Bonchev–Trinajstić information content (AvgIpc) is 2.29. The van der Waals surface area contributed by atoms with Crippen molar-refractivity contribution in [2.45, 2.75) is 26.1 Å². The maximum Gasteiger partial charge on any atom is 0.262 e. The van der Waals surface area contributed by atoms with E-state index in [-0.39, 0.29) is 5.91 Å². The second kappa shape index (κ2) is 5.82. The predicted molar refractivity (Wildman–Crippen MR) is 65.8 cm³/mol. The van der Waals surface area contributed by atoms with Crippen LogP contribution < -0.4 is 4.74 Å². The van der Waals surface area contributed by atoms with Gasteiger partial charge in [0.25, 0.3) is 5.91 Å². The van der Waals surface area contributed by atoms with Crippen LogP contribution in [-0.2, 0) is 4.79 Å². The van der Waals surface area contributed by atoms with Gasteiger partial charge in [-0.05, 0) is 32.0 Å². The first-order chi connectivity index (χ1) is 8.32. The van der Waals surface area contributed by atoms with E-state index >= 15 is 0 Å². The summed E-state index contributed by atoms with van der Waals surface area (Å²) in [4.78, 5) is 13.1. The average molecular weight is 255 g/mol. The van der Waals surface area contributed by atoms with E-state index in [0.717, 1.165) is 0 Å². The molecular formula is C13H18FNO3. The Morgan fingerprint density at radius 1 is 1.39 bits per heavy atom. The molecule has 1 aromatic rings. The SMILES string of the molecule is CC(Oc1ccc(F)cc1[C@@H](C)O)C(=O)N(C)C. The lowest BCUT2D eigenvalue weighted by Crippen LogP contribution is -2.35. The van der Waals surface area contributed by atoms with E-state index < -0.39 is 18.0 Å². The molecule has 100 valence electrons. The van der Waals surface area contributed by atoms with Gasteiger partial charge in [-0.3, -0.25) is 4.79 Å². The van der Waals surface area contributed by atoms with Crippen LogP contribution >= 0.6 is 0 Å². The molecule has 0 aliphatic rings. The van der Waals surface area contributed by atoms with Crippen molar-refractivity contribution < 1.29 is 19.0 Å². The number of hydrogen-bond donors (Lipinski definition) is 1. The Hall–Kier alpha value is -1.62. The Balaban J connectivity index is 2.94. The van der Waals surface area contributed by atoms with E-state index in [9.17, 15) is 14.3 Å². The largest absolute Gasteiger partial charge is 0.481 e. The summed E-state index contributed by atoms with van der Waals surface area (Å²) in [5.41, 5.74) is 0.327. The summed E-state index contributed by atoms with van der Waals surface area (Å²) in [5, 5.41) is 9.55. The van der Waals surface area contributed by atoms with Gasteiger partial charge in [0.2, 0.25) is 0 Å². The smallest absolute Gasteiger partial charge is 0.262 e. The zero-order valence-electron chi connectivity index (χ0n) is 11.0. The van der Waals surface area contributed by atoms with E-state index in [1.807, 2.05) is 0 Å². The van der Waals surface area contributed by atoms with Gasteiger partial charge >= 0.3 is 0 Å². The standard InChI is InChI=1S/C13H18FNO3/c1-8(16)11-7-10(14)5-6-12(11)18-9(2)13(17)15(3)4/h5-9,16H,1-4H3/t8-,9?/m1/s1. The van der Waals surface area contributed by atoms with Gasteiger partial charge in [-0.15, -0.1) is 0 Å². The topological polar surface area (TPSA) is 49.8 Å². The van der Waals surface area contributed by atoms with Crippen LogP contribution in [0.5, 0.6) is 5.75 Å². The normalized spacial score (nSPS) is 13.9. The van der Waals surface area contributed by atoms with Crippen LogP contribution in [0.2, 0.25) is 0 Å². The number of carbonyl (C=O) groups excluding carboxylic acids is 1. The van der Waals surface area contributed by atoms with Gasteiger partial charge in [-0.2, -0.15) is 0 Å². The van der Waals surface area contributed by atoms with Crippen LogP contribution in [0.15, 0.2) is 18.2 Å². The molecule has 1 aromatic carbocycles. The second-order valence-electron chi connectivity index (χ2n) is 4.35. The monoisotopic (exact) mass is 255 g/mol. The fourth-order valence-electron chi connectivity index (χ4n) is 1.56. The molecule has 1 N–H and O–H groups in total. The maximum absolute atomic E-state index is 13.1. The number of benzene rings is 1. The minimum atomic E-state index is -0.864. The first-order valence-corrected chi connectivity index (χ1v) is 5.68. The number of aliphatic hydroxyl groups excluding tert-OH is 1. The molecule has 2 atom stereocenters. The second-order valence-corrected chi connectivity index (χ2v) is 4.35. The van der Waals surface area contributed by atoms with Crippen molar-refractivity contribution in [1.29, 1.82) is 0 Å². The molecule has 0 aromatic heterocycles. The predicted octanol–water partition coefficient (Wildman–Crippen LogP) is 1.73. The van der Waals surface area contributed by atoms with Crippen LogP contribution in [0.4, 0.5) is 4.39 Å². The van der Waals surface area contributed by atoms with Gasteiger partial charge in [-0.25, -0.2) is 4.39 Å². The zero-order valence-corrected chi connectivity index (χ0v) is 11.0. The highest BCUT2D eigenvalue weighted by atomic mass is 19.1. The van der Waals surface area contributed by atoms with Crippen LogP contribution in [0.1, 0.15) is 25.5 Å². The third-order valence-corrected chi connectivity index (χ3v) is 2.51. The van der Waals surface area contributed by atoms with Crippen LogP contribution in [0.25, 0.3) is 0 Å². The molecule has 1 amide bonds. The van der Waals surface area contributed by atoms with Gasteiger partial charge in [0.1, 0.15) is 11.6 Å². The molecule has 4 nitrogen and oxygen atoms in total. The fraction of sp³-hybridized carbons (Fsp3) is 0.462. The van der Waals surface area contributed by atoms with Crippen molar-refractivity contribution in [2.75, 3.05) is 14.1 Å². The molecule has 0 aliphatic heterocycles. The number of carbonyl (C=O) groups is 1. The maximum atomic E-state index is 13.1. The minimum Gasteiger partial charge on any atom is -0.481 e.